The molecule has 3 unspecified atom stereocenters. The molecule has 5 heteroatoms. The summed E-state index contributed by atoms with van der Waals surface area (Å²) in [7, 11) is 0. The Morgan fingerprint density at radius 3 is 2.46 bits per heavy atom. The van der Waals surface area contributed by atoms with Gasteiger partial charge in [-0.3, -0.25) is 0 Å². The van der Waals surface area contributed by atoms with Crippen LogP contribution >= 0.6 is 0 Å². The number of rotatable bonds is 2. The minimum atomic E-state index is -1.32. The van der Waals surface area contributed by atoms with Crippen molar-refractivity contribution in [1.82, 2.24) is 0 Å². The van der Waals surface area contributed by atoms with Gasteiger partial charge in [-0.05, 0) is 80.5 Å². The molecular formula is C21H36O5. The Balaban J connectivity index is 1.68. The van der Waals surface area contributed by atoms with E-state index in [4.69, 9.17) is 0 Å². The molecule has 4 rings (SSSR count). The van der Waals surface area contributed by atoms with Crippen molar-refractivity contribution in [3.63, 3.8) is 0 Å². The number of aliphatic hydroxyl groups is 5. The average molecular weight is 369 g/mol. The zero-order valence-corrected chi connectivity index (χ0v) is 16.1. The molecule has 4 fully saturated rings. The summed E-state index contributed by atoms with van der Waals surface area (Å²) in [5.41, 5.74) is -1.83. The molecule has 150 valence electrons. The Morgan fingerprint density at radius 2 is 1.77 bits per heavy atom. The largest absolute Gasteiger partial charge is 0.394 e. The molecule has 5 N–H and O–H groups in total. The van der Waals surface area contributed by atoms with Crippen molar-refractivity contribution in [3.8, 4) is 0 Å². The van der Waals surface area contributed by atoms with Crippen LogP contribution in [0.4, 0.5) is 0 Å². The summed E-state index contributed by atoms with van der Waals surface area (Å²) in [6.45, 7) is 3.89. The van der Waals surface area contributed by atoms with Crippen LogP contribution in [-0.2, 0) is 0 Å². The Kier molecular flexibility index (Phi) is 4.52. The minimum absolute atomic E-state index is 0.0548. The highest BCUT2D eigenvalue weighted by Crippen LogP contribution is 2.68. The molecule has 0 spiro atoms. The summed E-state index contributed by atoms with van der Waals surface area (Å²) >= 11 is 0. The Labute approximate surface area is 156 Å². The minimum Gasteiger partial charge on any atom is -0.394 e. The van der Waals surface area contributed by atoms with E-state index in [0.717, 1.165) is 38.5 Å². The molecule has 4 aliphatic rings. The highest BCUT2D eigenvalue weighted by molar-refractivity contribution is 5.17. The van der Waals surface area contributed by atoms with Gasteiger partial charge >= 0.3 is 0 Å². The number of aliphatic hydroxyl groups excluding tert-OH is 4. The molecule has 5 nitrogen and oxygen atoms in total. The Morgan fingerprint density at radius 1 is 1.04 bits per heavy atom. The summed E-state index contributed by atoms with van der Waals surface area (Å²) in [5.74, 6) is 1.29. The van der Waals surface area contributed by atoms with Gasteiger partial charge in [-0.15, -0.1) is 0 Å². The SMILES string of the molecule is C[C@]12CCC(O)C[C@@H]1CC[C@@H]1[C@@H]2C(O)C[C@@]2(C)[C@H]1CC[C@]2(O)C(O)CO. The van der Waals surface area contributed by atoms with E-state index in [1.807, 2.05) is 6.92 Å². The van der Waals surface area contributed by atoms with E-state index in [1.54, 1.807) is 0 Å². The summed E-state index contributed by atoms with van der Waals surface area (Å²) < 4.78 is 0. The molecule has 0 amide bonds. The fourth-order valence-electron chi connectivity index (χ4n) is 8.10. The molecule has 10 atom stereocenters. The van der Waals surface area contributed by atoms with Crippen molar-refractivity contribution in [1.29, 1.82) is 0 Å². The first-order valence-electron chi connectivity index (χ1n) is 10.5. The standard InChI is InChI=1S/C21H36O5/c1-19-7-5-13(23)9-12(19)3-4-14-15-6-8-21(26,17(25)11-22)20(15,2)10-16(24)18(14)19/h12-18,22-26H,3-11H2,1-2H3/t12-,13?,14-,15-,16?,17?,18+,19-,20-,21-/m0/s1. The van der Waals surface area contributed by atoms with E-state index < -0.39 is 29.8 Å². The van der Waals surface area contributed by atoms with Crippen molar-refractivity contribution < 1.29 is 25.5 Å². The molecule has 0 bridgehead atoms. The average Bonchev–Trinajstić information content (AvgIpc) is 2.86. The normalized spacial score (nSPS) is 57.8. The van der Waals surface area contributed by atoms with Crippen molar-refractivity contribution in [2.75, 3.05) is 6.61 Å². The van der Waals surface area contributed by atoms with Gasteiger partial charge in [0.2, 0.25) is 0 Å². The molecule has 4 aliphatic carbocycles. The lowest BCUT2D eigenvalue weighted by molar-refractivity contribution is -0.224. The molecule has 0 aromatic carbocycles. The highest BCUT2D eigenvalue weighted by Gasteiger charge is 2.68. The van der Waals surface area contributed by atoms with Crippen LogP contribution in [0.3, 0.4) is 0 Å². The van der Waals surface area contributed by atoms with Gasteiger partial charge in [0.25, 0.3) is 0 Å². The molecular weight excluding hydrogens is 332 g/mol. The van der Waals surface area contributed by atoms with Gasteiger partial charge in [0.15, 0.2) is 0 Å². The lowest BCUT2D eigenvalue weighted by atomic mass is 9.43. The molecule has 0 aromatic heterocycles. The fourth-order valence-corrected chi connectivity index (χ4v) is 8.10. The first kappa shape index (κ1) is 19.1. The van der Waals surface area contributed by atoms with Crippen molar-refractivity contribution in [3.05, 3.63) is 0 Å². The van der Waals surface area contributed by atoms with Crippen molar-refractivity contribution in [2.45, 2.75) is 89.1 Å². The number of fused-ring (bicyclic) bond motifs is 5. The predicted octanol–water partition coefficient (Wildman–Crippen LogP) is 1.45. The van der Waals surface area contributed by atoms with Gasteiger partial charge < -0.3 is 25.5 Å². The molecule has 0 saturated heterocycles. The van der Waals surface area contributed by atoms with E-state index in [2.05, 4.69) is 6.92 Å². The van der Waals surface area contributed by atoms with Crippen LogP contribution in [0.2, 0.25) is 0 Å². The maximum atomic E-state index is 11.3. The molecule has 0 aliphatic heterocycles. The summed E-state index contributed by atoms with van der Waals surface area (Å²) in [5, 5.41) is 52.5. The number of hydrogen-bond acceptors (Lipinski definition) is 5. The maximum Gasteiger partial charge on any atom is 0.106 e. The zero-order chi connectivity index (χ0) is 18.9. The summed E-state index contributed by atoms with van der Waals surface area (Å²) in [6.07, 6.45) is 4.70. The third-order valence-electron chi connectivity index (χ3n) is 9.51. The molecule has 4 saturated carbocycles. The second-order valence-electron chi connectivity index (χ2n) is 10.4. The molecule has 0 heterocycles. The molecule has 0 aromatic rings. The predicted molar refractivity (Wildman–Crippen MR) is 97.2 cm³/mol. The first-order chi connectivity index (χ1) is 12.2. The van der Waals surface area contributed by atoms with Gasteiger partial charge in [0.1, 0.15) is 6.10 Å². The van der Waals surface area contributed by atoms with E-state index in [9.17, 15) is 25.5 Å². The van der Waals surface area contributed by atoms with Gasteiger partial charge in [-0.1, -0.05) is 13.8 Å². The van der Waals surface area contributed by atoms with Crippen LogP contribution in [0.25, 0.3) is 0 Å². The third kappa shape index (κ3) is 2.33. The highest BCUT2D eigenvalue weighted by atomic mass is 16.4. The zero-order valence-electron chi connectivity index (χ0n) is 16.1. The second-order valence-corrected chi connectivity index (χ2v) is 10.4. The maximum absolute atomic E-state index is 11.3. The van der Waals surface area contributed by atoms with Gasteiger partial charge in [0, 0.05) is 5.41 Å². The van der Waals surface area contributed by atoms with Gasteiger partial charge in [-0.25, -0.2) is 0 Å². The topological polar surface area (TPSA) is 101 Å². The Hall–Kier alpha value is -0.200. The van der Waals surface area contributed by atoms with Crippen molar-refractivity contribution in [2.24, 2.45) is 34.5 Å². The van der Waals surface area contributed by atoms with E-state index in [1.165, 1.54) is 0 Å². The smallest absolute Gasteiger partial charge is 0.106 e. The van der Waals surface area contributed by atoms with Crippen LogP contribution in [0.5, 0.6) is 0 Å². The van der Waals surface area contributed by atoms with E-state index in [0.29, 0.717) is 24.7 Å². The molecule has 26 heavy (non-hydrogen) atoms. The lowest BCUT2D eigenvalue weighted by Crippen LogP contribution is -2.64. The summed E-state index contributed by atoms with van der Waals surface area (Å²) in [4.78, 5) is 0. The lowest BCUT2D eigenvalue weighted by Gasteiger charge is -2.63. The first-order valence-corrected chi connectivity index (χ1v) is 10.5. The van der Waals surface area contributed by atoms with Crippen LogP contribution < -0.4 is 0 Å². The van der Waals surface area contributed by atoms with Gasteiger partial charge in [-0.2, -0.15) is 0 Å². The van der Waals surface area contributed by atoms with Gasteiger partial charge in [0.05, 0.1) is 24.4 Å². The quantitative estimate of drug-likeness (QED) is 0.508. The third-order valence-corrected chi connectivity index (χ3v) is 9.51. The molecule has 0 radical (unpaired) electrons. The monoisotopic (exact) mass is 368 g/mol. The van der Waals surface area contributed by atoms with E-state index >= 15 is 0 Å². The number of hydrogen-bond donors (Lipinski definition) is 5. The van der Waals surface area contributed by atoms with E-state index in [-0.39, 0.29) is 23.4 Å². The summed E-state index contributed by atoms with van der Waals surface area (Å²) in [6, 6.07) is 0. The second kappa shape index (κ2) is 6.15. The Bertz CT molecular complexity index is 555. The van der Waals surface area contributed by atoms with Crippen LogP contribution in [0.15, 0.2) is 0 Å². The van der Waals surface area contributed by atoms with Crippen LogP contribution in [-0.4, -0.2) is 56.1 Å². The van der Waals surface area contributed by atoms with Crippen molar-refractivity contribution >= 4 is 0 Å². The van der Waals surface area contributed by atoms with Crippen LogP contribution in [0.1, 0.15) is 65.2 Å². The fraction of sp³-hybridized carbons (Fsp3) is 1.00. The van der Waals surface area contributed by atoms with Crippen LogP contribution in [0, 0.1) is 34.5 Å².